The highest BCUT2D eigenvalue weighted by Gasteiger charge is 2.16. The van der Waals surface area contributed by atoms with E-state index in [-0.39, 0.29) is 11.8 Å². The first kappa shape index (κ1) is 12.2. The number of aryl methyl sites for hydroxylation is 1. The number of carbonyl (C=O) groups is 1. The van der Waals surface area contributed by atoms with E-state index in [9.17, 15) is 4.79 Å². The summed E-state index contributed by atoms with van der Waals surface area (Å²) < 4.78 is 0. The largest absolute Gasteiger partial charge is 0.350 e. The summed E-state index contributed by atoms with van der Waals surface area (Å²) in [6.45, 7) is 6.52. The van der Waals surface area contributed by atoms with Crippen LogP contribution in [0, 0.1) is 12.8 Å². The van der Waals surface area contributed by atoms with Crippen molar-refractivity contribution in [1.29, 1.82) is 0 Å². The zero-order chi connectivity index (χ0) is 11.4. The first-order chi connectivity index (χ1) is 7.02. The van der Waals surface area contributed by atoms with Gasteiger partial charge in [0.25, 0.3) is 0 Å². The van der Waals surface area contributed by atoms with Crippen LogP contribution in [-0.2, 0) is 11.3 Å². The third-order valence-corrected chi connectivity index (χ3v) is 3.44. The van der Waals surface area contributed by atoms with E-state index in [2.05, 4.69) is 11.4 Å². The fraction of sp³-hybridized carbons (Fsp3) is 0.545. The van der Waals surface area contributed by atoms with Crippen molar-refractivity contribution in [2.75, 3.05) is 0 Å². The SMILES string of the molecule is Cc1ccsc1CNC(=O)C(N)C(C)C. The van der Waals surface area contributed by atoms with Gasteiger partial charge in [-0.3, -0.25) is 4.79 Å². The number of rotatable bonds is 4. The van der Waals surface area contributed by atoms with Crippen molar-refractivity contribution in [2.45, 2.75) is 33.4 Å². The summed E-state index contributed by atoms with van der Waals surface area (Å²) in [5.41, 5.74) is 6.95. The molecule has 1 amide bonds. The lowest BCUT2D eigenvalue weighted by Gasteiger charge is -2.15. The van der Waals surface area contributed by atoms with Gasteiger partial charge >= 0.3 is 0 Å². The predicted molar refractivity (Wildman–Crippen MR) is 63.7 cm³/mol. The lowest BCUT2D eigenvalue weighted by molar-refractivity contribution is -0.123. The first-order valence-electron chi connectivity index (χ1n) is 5.08. The van der Waals surface area contributed by atoms with E-state index in [4.69, 9.17) is 5.73 Å². The lowest BCUT2D eigenvalue weighted by Crippen LogP contribution is -2.43. The van der Waals surface area contributed by atoms with E-state index in [1.807, 2.05) is 26.2 Å². The second-order valence-electron chi connectivity index (χ2n) is 4.01. The molecule has 1 atom stereocenters. The average Bonchev–Trinajstić information content (AvgIpc) is 2.59. The summed E-state index contributed by atoms with van der Waals surface area (Å²) in [4.78, 5) is 12.8. The maximum Gasteiger partial charge on any atom is 0.237 e. The zero-order valence-corrected chi connectivity index (χ0v) is 10.2. The molecule has 4 heteroatoms. The van der Waals surface area contributed by atoms with Crippen molar-refractivity contribution < 1.29 is 4.79 Å². The van der Waals surface area contributed by atoms with E-state index in [1.165, 1.54) is 10.4 Å². The molecule has 0 bridgehead atoms. The maximum absolute atomic E-state index is 11.6. The molecule has 1 aromatic heterocycles. The molecule has 0 saturated heterocycles. The predicted octanol–water partition coefficient (Wildman–Crippen LogP) is 1.66. The van der Waals surface area contributed by atoms with Crippen LogP contribution in [0.3, 0.4) is 0 Å². The Labute approximate surface area is 94.7 Å². The minimum absolute atomic E-state index is 0.0715. The minimum atomic E-state index is -0.412. The van der Waals surface area contributed by atoms with Crippen LogP contribution in [0.4, 0.5) is 0 Å². The molecule has 1 heterocycles. The molecule has 0 radical (unpaired) electrons. The summed E-state index contributed by atoms with van der Waals surface area (Å²) in [7, 11) is 0. The van der Waals surface area contributed by atoms with Gasteiger partial charge in [0.05, 0.1) is 12.6 Å². The van der Waals surface area contributed by atoms with Gasteiger partial charge in [0, 0.05) is 4.88 Å². The number of nitrogens with two attached hydrogens (primary N) is 1. The Balaban J connectivity index is 2.44. The fourth-order valence-electron chi connectivity index (χ4n) is 1.17. The normalized spacial score (nSPS) is 12.9. The van der Waals surface area contributed by atoms with E-state index in [0.717, 1.165) is 0 Å². The van der Waals surface area contributed by atoms with Crippen LogP contribution in [0.5, 0.6) is 0 Å². The zero-order valence-electron chi connectivity index (χ0n) is 9.41. The van der Waals surface area contributed by atoms with Gasteiger partial charge in [0.1, 0.15) is 0 Å². The molecule has 0 aromatic carbocycles. The summed E-state index contributed by atoms with van der Waals surface area (Å²) in [5, 5.41) is 4.88. The Morgan fingerprint density at radius 1 is 1.60 bits per heavy atom. The lowest BCUT2D eigenvalue weighted by atomic mass is 10.1. The molecule has 0 aliphatic carbocycles. The van der Waals surface area contributed by atoms with E-state index in [0.29, 0.717) is 6.54 Å². The molecular weight excluding hydrogens is 208 g/mol. The number of carbonyl (C=O) groups excluding carboxylic acids is 1. The second kappa shape index (κ2) is 5.28. The van der Waals surface area contributed by atoms with Crippen molar-refractivity contribution in [3.05, 3.63) is 21.9 Å². The Hall–Kier alpha value is -0.870. The van der Waals surface area contributed by atoms with Crippen molar-refractivity contribution in [3.63, 3.8) is 0 Å². The van der Waals surface area contributed by atoms with Crippen LogP contribution in [-0.4, -0.2) is 11.9 Å². The summed E-state index contributed by atoms with van der Waals surface area (Å²) >= 11 is 1.66. The van der Waals surface area contributed by atoms with Crippen molar-refractivity contribution >= 4 is 17.2 Å². The summed E-state index contributed by atoms with van der Waals surface area (Å²) in [6, 6.07) is 1.64. The number of amides is 1. The second-order valence-corrected chi connectivity index (χ2v) is 5.02. The van der Waals surface area contributed by atoms with Crippen LogP contribution < -0.4 is 11.1 Å². The van der Waals surface area contributed by atoms with Crippen LogP contribution in [0.15, 0.2) is 11.4 Å². The molecule has 0 fully saturated rings. The van der Waals surface area contributed by atoms with E-state index in [1.54, 1.807) is 11.3 Å². The highest BCUT2D eigenvalue weighted by atomic mass is 32.1. The smallest absolute Gasteiger partial charge is 0.237 e. The topological polar surface area (TPSA) is 55.1 Å². The molecule has 0 aliphatic rings. The Bertz CT molecular complexity index is 333. The molecule has 0 saturated carbocycles. The molecule has 1 unspecified atom stereocenters. The van der Waals surface area contributed by atoms with Crippen molar-refractivity contribution in [3.8, 4) is 0 Å². The highest BCUT2D eigenvalue weighted by molar-refractivity contribution is 7.10. The van der Waals surface area contributed by atoms with Gasteiger partial charge in [-0.15, -0.1) is 11.3 Å². The molecule has 3 N–H and O–H groups in total. The molecule has 15 heavy (non-hydrogen) atoms. The Morgan fingerprint density at radius 2 is 2.27 bits per heavy atom. The Morgan fingerprint density at radius 3 is 2.73 bits per heavy atom. The highest BCUT2D eigenvalue weighted by Crippen LogP contribution is 2.14. The van der Waals surface area contributed by atoms with Gasteiger partial charge in [-0.1, -0.05) is 13.8 Å². The maximum atomic E-state index is 11.6. The monoisotopic (exact) mass is 226 g/mol. The van der Waals surface area contributed by atoms with Crippen LogP contribution >= 0.6 is 11.3 Å². The third kappa shape index (κ3) is 3.32. The average molecular weight is 226 g/mol. The van der Waals surface area contributed by atoms with Gasteiger partial charge in [-0.2, -0.15) is 0 Å². The quantitative estimate of drug-likeness (QED) is 0.820. The first-order valence-corrected chi connectivity index (χ1v) is 5.96. The van der Waals surface area contributed by atoms with E-state index >= 15 is 0 Å². The van der Waals surface area contributed by atoms with Crippen LogP contribution in [0.25, 0.3) is 0 Å². The van der Waals surface area contributed by atoms with Gasteiger partial charge in [0.15, 0.2) is 0 Å². The van der Waals surface area contributed by atoms with Gasteiger partial charge in [-0.05, 0) is 29.9 Å². The molecular formula is C11H18N2OS. The van der Waals surface area contributed by atoms with Gasteiger partial charge < -0.3 is 11.1 Å². The van der Waals surface area contributed by atoms with E-state index < -0.39 is 6.04 Å². The van der Waals surface area contributed by atoms with Crippen LogP contribution in [0.2, 0.25) is 0 Å². The Kier molecular flexibility index (Phi) is 4.29. The van der Waals surface area contributed by atoms with Crippen LogP contribution in [0.1, 0.15) is 24.3 Å². The molecule has 3 nitrogen and oxygen atoms in total. The van der Waals surface area contributed by atoms with Gasteiger partial charge in [-0.25, -0.2) is 0 Å². The van der Waals surface area contributed by atoms with Crippen molar-refractivity contribution in [1.82, 2.24) is 5.32 Å². The molecule has 1 rings (SSSR count). The molecule has 0 aliphatic heterocycles. The third-order valence-electron chi connectivity index (χ3n) is 2.41. The number of nitrogens with one attached hydrogen (secondary N) is 1. The number of hydrogen-bond acceptors (Lipinski definition) is 3. The standard InChI is InChI=1S/C11H18N2OS/c1-7(2)10(12)11(14)13-6-9-8(3)4-5-15-9/h4-5,7,10H,6,12H2,1-3H3,(H,13,14). The van der Waals surface area contributed by atoms with Gasteiger partial charge in [0.2, 0.25) is 5.91 Å². The fourth-order valence-corrected chi connectivity index (χ4v) is 2.02. The molecule has 1 aromatic rings. The minimum Gasteiger partial charge on any atom is -0.350 e. The molecule has 84 valence electrons. The summed E-state index contributed by atoms with van der Waals surface area (Å²) in [6.07, 6.45) is 0. The number of hydrogen-bond donors (Lipinski definition) is 2. The van der Waals surface area contributed by atoms with Crippen molar-refractivity contribution in [2.24, 2.45) is 11.7 Å². The number of thiophene rings is 1. The molecule has 0 spiro atoms. The summed E-state index contributed by atoms with van der Waals surface area (Å²) in [5.74, 6) is 0.104.